The van der Waals surface area contributed by atoms with Gasteiger partial charge in [-0.1, -0.05) is 90.4 Å². The van der Waals surface area contributed by atoms with Crippen molar-refractivity contribution >= 4 is 15.2 Å². The van der Waals surface area contributed by atoms with Crippen LogP contribution >= 0.6 is 15.2 Å². The standard InChI is InChI=1S/C17H38O7P2/c1-2-3-4-5-6-7-8-9-10-11-12-13-14-15-16-17(18,25(19,20)21)26(22,23)24/h18H,2-16H2,1H3,(H2,19,20,21)(H2,22,23,24). The summed E-state index contributed by atoms with van der Waals surface area (Å²) in [6.07, 6.45) is 14.6. The van der Waals surface area contributed by atoms with Crippen LogP contribution in [0.2, 0.25) is 0 Å². The first-order valence-electron chi connectivity index (χ1n) is 9.90. The van der Waals surface area contributed by atoms with Crippen molar-refractivity contribution < 1.29 is 33.8 Å². The summed E-state index contributed by atoms with van der Waals surface area (Å²) < 4.78 is 22.4. The van der Waals surface area contributed by atoms with Crippen LogP contribution in [0.4, 0.5) is 0 Å². The Hall–Kier alpha value is 0.260. The topological polar surface area (TPSA) is 135 Å². The highest BCUT2D eigenvalue weighted by Gasteiger charge is 2.58. The van der Waals surface area contributed by atoms with Crippen LogP contribution in [-0.2, 0) is 9.13 Å². The number of hydrogen-bond acceptors (Lipinski definition) is 3. The fourth-order valence-electron chi connectivity index (χ4n) is 3.02. The second-order valence-electron chi connectivity index (χ2n) is 7.21. The summed E-state index contributed by atoms with van der Waals surface area (Å²) in [6.45, 7) is 2.22. The average Bonchev–Trinajstić information content (AvgIpc) is 2.52. The summed E-state index contributed by atoms with van der Waals surface area (Å²) in [5.74, 6) is 0. The van der Waals surface area contributed by atoms with E-state index in [4.69, 9.17) is 19.6 Å². The van der Waals surface area contributed by atoms with Gasteiger partial charge in [0, 0.05) is 0 Å². The third kappa shape index (κ3) is 10.6. The van der Waals surface area contributed by atoms with Crippen molar-refractivity contribution in [1.82, 2.24) is 0 Å². The Balaban J connectivity index is 3.67. The van der Waals surface area contributed by atoms with Gasteiger partial charge in [0.15, 0.2) is 0 Å². The molecule has 7 nitrogen and oxygen atoms in total. The van der Waals surface area contributed by atoms with Gasteiger partial charge in [0.25, 0.3) is 5.08 Å². The zero-order valence-corrected chi connectivity index (χ0v) is 17.8. The Morgan fingerprint density at radius 2 is 0.846 bits per heavy atom. The zero-order chi connectivity index (χ0) is 20.1. The van der Waals surface area contributed by atoms with Crippen molar-refractivity contribution in [2.75, 3.05) is 0 Å². The van der Waals surface area contributed by atoms with Gasteiger partial charge in [0.1, 0.15) is 0 Å². The minimum Gasteiger partial charge on any atom is -0.368 e. The molecule has 0 heterocycles. The predicted octanol–water partition coefficient (Wildman–Crippen LogP) is 4.86. The second-order valence-corrected chi connectivity index (χ2v) is 11.2. The Labute approximate surface area is 157 Å². The number of rotatable bonds is 17. The van der Waals surface area contributed by atoms with E-state index in [1.807, 2.05) is 0 Å². The van der Waals surface area contributed by atoms with Gasteiger partial charge in [0.2, 0.25) is 0 Å². The van der Waals surface area contributed by atoms with Crippen molar-refractivity contribution in [3.05, 3.63) is 0 Å². The lowest BCUT2D eigenvalue weighted by molar-refractivity contribution is 0.120. The van der Waals surface area contributed by atoms with Crippen LogP contribution in [0.25, 0.3) is 0 Å². The molecule has 0 aliphatic carbocycles. The van der Waals surface area contributed by atoms with Gasteiger partial charge >= 0.3 is 15.2 Å². The largest absolute Gasteiger partial charge is 0.369 e. The first-order valence-corrected chi connectivity index (χ1v) is 13.1. The van der Waals surface area contributed by atoms with Crippen LogP contribution in [0.3, 0.4) is 0 Å². The molecule has 0 atom stereocenters. The molecule has 0 aromatic rings. The van der Waals surface area contributed by atoms with Crippen molar-refractivity contribution in [3.63, 3.8) is 0 Å². The first-order chi connectivity index (χ1) is 12.1. The van der Waals surface area contributed by atoms with E-state index in [1.54, 1.807) is 0 Å². The molecule has 0 saturated carbocycles. The summed E-state index contributed by atoms with van der Waals surface area (Å²) >= 11 is 0. The molecule has 0 amide bonds. The van der Waals surface area contributed by atoms with E-state index in [0.717, 1.165) is 19.3 Å². The van der Waals surface area contributed by atoms with Gasteiger partial charge in [-0.2, -0.15) is 0 Å². The maximum absolute atomic E-state index is 11.2. The normalized spacial score (nSPS) is 13.3. The molecule has 0 fully saturated rings. The van der Waals surface area contributed by atoms with Gasteiger partial charge in [-0.3, -0.25) is 9.13 Å². The van der Waals surface area contributed by atoms with Crippen LogP contribution < -0.4 is 0 Å². The minimum atomic E-state index is -5.30. The summed E-state index contributed by atoms with van der Waals surface area (Å²) in [7, 11) is -10.6. The molecular formula is C17H38O7P2. The summed E-state index contributed by atoms with van der Waals surface area (Å²) in [6, 6.07) is 0. The molecule has 0 saturated heterocycles. The monoisotopic (exact) mass is 416 g/mol. The average molecular weight is 416 g/mol. The molecule has 0 aromatic heterocycles. The highest BCUT2D eigenvalue weighted by molar-refractivity contribution is 7.72. The fourth-order valence-corrected chi connectivity index (χ4v) is 5.27. The molecule has 26 heavy (non-hydrogen) atoms. The van der Waals surface area contributed by atoms with E-state index in [1.165, 1.54) is 57.8 Å². The lowest BCUT2D eigenvalue weighted by atomic mass is 10.0. The first kappa shape index (κ1) is 26.3. The van der Waals surface area contributed by atoms with Crippen molar-refractivity contribution in [2.24, 2.45) is 0 Å². The molecule has 5 N–H and O–H groups in total. The Bertz CT molecular complexity index is 422. The molecule has 0 aromatic carbocycles. The quantitative estimate of drug-likeness (QED) is 0.169. The van der Waals surface area contributed by atoms with E-state index >= 15 is 0 Å². The third-order valence-corrected chi connectivity index (χ3v) is 8.68. The van der Waals surface area contributed by atoms with Crippen molar-refractivity contribution in [1.29, 1.82) is 0 Å². The smallest absolute Gasteiger partial charge is 0.368 e. The van der Waals surface area contributed by atoms with Crippen LogP contribution in [0, 0.1) is 0 Å². The molecule has 0 aliphatic rings. The number of unbranched alkanes of at least 4 members (excludes halogenated alkanes) is 13. The number of hydrogen-bond donors (Lipinski definition) is 5. The Morgan fingerprint density at radius 1 is 0.577 bits per heavy atom. The van der Waals surface area contributed by atoms with Gasteiger partial charge in [-0.15, -0.1) is 0 Å². The highest BCUT2D eigenvalue weighted by Crippen LogP contribution is 2.69. The van der Waals surface area contributed by atoms with Crippen LogP contribution in [0.5, 0.6) is 0 Å². The second kappa shape index (κ2) is 13.4. The maximum atomic E-state index is 11.2. The summed E-state index contributed by atoms with van der Waals surface area (Å²) in [5, 5.41) is 6.50. The number of aliphatic hydroxyl groups is 1. The molecule has 0 radical (unpaired) electrons. The van der Waals surface area contributed by atoms with Gasteiger partial charge in [-0.05, 0) is 12.8 Å². The van der Waals surface area contributed by atoms with Crippen molar-refractivity contribution in [3.8, 4) is 0 Å². The lowest BCUT2D eigenvalue weighted by Gasteiger charge is -2.29. The van der Waals surface area contributed by atoms with Crippen LogP contribution in [0.1, 0.15) is 103 Å². The zero-order valence-electron chi connectivity index (χ0n) is 16.1. The molecule has 0 bridgehead atoms. The van der Waals surface area contributed by atoms with Crippen LogP contribution in [-0.4, -0.2) is 29.8 Å². The van der Waals surface area contributed by atoms with E-state index in [0.29, 0.717) is 6.42 Å². The summed E-state index contributed by atoms with van der Waals surface area (Å²) in [4.78, 5) is 36.2. The lowest BCUT2D eigenvalue weighted by Crippen LogP contribution is -2.28. The van der Waals surface area contributed by atoms with Gasteiger partial charge < -0.3 is 24.7 Å². The minimum absolute atomic E-state index is 0.171. The Morgan fingerprint density at radius 3 is 1.12 bits per heavy atom. The molecular weight excluding hydrogens is 378 g/mol. The van der Waals surface area contributed by atoms with E-state index in [-0.39, 0.29) is 6.42 Å². The van der Waals surface area contributed by atoms with Gasteiger partial charge in [-0.25, -0.2) is 0 Å². The fraction of sp³-hybridized carbons (Fsp3) is 1.00. The van der Waals surface area contributed by atoms with Gasteiger partial charge in [0.05, 0.1) is 0 Å². The molecule has 0 unspecified atom stereocenters. The predicted molar refractivity (Wildman–Crippen MR) is 104 cm³/mol. The van der Waals surface area contributed by atoms with Crippen LogP contribution in [0.15, 0.2) is 0 Å². The third-order valence-electron chi connectivity index (χ3n) is 4.80. The maximum Gasteiger partial charge on any atom is 0.369 e. The van der Waals surface area contributed by atoms with E-state index in [2.05, 4.69) is 6.92 Å². The Kier molecular flexibility index (Phi) is 13.6. The molecule has 0 rings (SSSR count). The highest BCUT2D eigenvalue weighted by atomic mass is 31.2. The molecule has 9 heteroatoms. The van der Waals surface area contributed by atoms with Crippen molar-refractivity contribution in [2.45, 2.75) is 108 Å². The van der Waals surface area contributed by atoms with E-state index in [9.17, 15) is 14.2 Å². The SMILES string of the molecule is CCCCCCCCCCCCCCCCC(O)(P(=O)(O)O)P(=O)(O)O. The van der Waals surface area contributed by atoms with E-state index < -0.39 is 26.7 Å². The summed E-state index contributed by atoms with van der Waals surface area (Å²) in [5.41, 5.74) is 0. The molecule has 0 aliphatic heterocycles. The molecule has 158 valence electrons. The molecule has 0 spiro atoms.